The fourth-order valence-corrected chi connectivity index (χ4v) is 5.87. The molecule has 0 aromatic heterocycles. The lowest BCUT2D eigenvalue weighted by atomic mass is 9.92. The summed E-state index contributed by atoms with van der Waals surface area (Å²) >= 11 is 1.04. The Morgan fingerprint density at radius 2 is 2.16 bits per heavy atom. The molecule has 11 heteroatoms. The molecule has 0 saturated heterocycles. The summed E-state index contributed by atoms with van der Waals surface area (Å²) in [6, 6.07) is 2.39. The predicted molar refractivity (Wildman–Crippen MR) is 121 cm³/mol. The Labute approximate surface area is 185 Å². The number of rotatable bonds is 5. The fraction of sp³-hybridized carbons (Fsp3) is 0.550. The van der Waals surface area contributed by atoms with Crippen molar-refractivity contribution in [1.82, 2.24) is 0 Å². The SMILES string of the molecule is CC(C)c1c(F)c(C#N)cc(C2CC2)c1NC(=O)N=[S@@](N)(=O)C1CN=C(C(C)(C)O)S1. The first-order valence-electron chi connectivity index (χ1n) is 9.90. The molecule has 0 radical (unpaired) electrons. The average molecular weight is 468 g/mol. The van der Waals surface area contributed by atoms with Crippen LogP contribution in [0, 0.1) is 17.1 Å². The largest absolute Gasteiger partial charge is 0.384 e. The maximum atomic E-state index is 14.9. The Hall–Kier alpha value is -2.00. The van der Waals surface area contributed by atoms with Gasteiger partial charge in [0.1, 0.15) is 37.0 Å². The van der Waals surface area contributed by atoms with Crippen LogP contribution in [0.15, 0.2) is 15.4 Å². The number of nitriles is 1. The topological polar surface area (TPSA) is 141 Å². The summed E-state index contributed by atoms with van der Waals surface area (Å²) in [6.07, 6.45) is 1.74. The van der Waals surface area contributed by atoms with Crippen molar-refractivity contribution in [3.63, 3.8) is 0 Å². The number of aliphatic hydroxyl groups is 1. The molecule has 1 aliphatic carbocycles. The molecule has 1 aromatic rings. The van der Waals surface area contributed by atoms with E-state index >= 15 is 0 Å². The average Bonchev–Trinajstić information content (AvgIpc) is 3.33. The molecule has 2 amide bonds. The third-order valence-corrected chi connectivity index (χ3v) is 8.76. The van der Waals surface area contributed by atoms with Crippen LogP contribution in [0.2, 0.25) is 0 Å². The normalized spacial score (nSPS) is 20.7. The minimum atomic E-state index is -3.49. The monoisotopic (exact) mass is 467 g/mol. The third-order valence-electron chi connectivity index (χ3n) is 5.03. The van der Waals surface area contributed by atoms with Gasteiger partial charge in [-0.05, 0) is 50.2 Å². The van der Waals surface area contributed by atoms with Crippen LogP contribution in [0.5, 0.6) is 0 Å². The van der Waals surface area contributed by atoms with Gasteiger partial charge in [-0.25, -0.2) is 18.5 Å². The first-order chi connectivity index (χ1) is 14.3. The van der Waals surface area contributed by atoms with Crippen LogP contribution < -0.4 is 10.5 Å². The number of anilines is 1. The van der Waals surface area contributed by atoms with Crippen LogP contribution in [0.1, 0.15) is 69.1 Å². The molecule has 0 bridgehead atoms. The molecule has 0 spiro atoms. The summed E-state index contributed by atoms with van der Waals surface area (Å²) in [7, 11) is -3.49. The minimum Gasteiger partial charge on any atom is -0.384 e. The summed E-state index contributed by atoms with van der Waals surface area (Å²) in [5.41, 5.74) is -0.109. The van der Waals surface area contributed by atoms with Crippen molar-refractivity contribution in [2.24, 2.45) is 14.5 Å². The number of hydrogen-bond acceptors (Lipinski definition) is 6. The van der Waals surface area contributed by atoms with E-state index in [-0.39, 0.29) is 35.2 Å². The number of nitrogens with one attached hydrogen (secondary N) is 1. The molecular formula is C20H26FN5O3S2. The van der Waals surface area contributed by atoms with Gasteiger partial charge in [-0.15, -0.1) is 4.36 Å². The van der Waals surface area contributed by atoms with Gasteiger partial charge in [-0.3, -0.25) is 4.99 Å². The second-order valence-electron chi connectivity index (χ2n) is 8.54. The van der Waals surface area contributed by atoms with Crippen molar-refractivity contribution in [2.75, 3.05) is 11.9 Å². The van der Waals surface area contributed by atoms with E-state index in [1.165, 1.54) is 6.07 Å². The lowest BCUT2D eigenvalue weighted by Crippen LogP contribution is -2.31. The first-order valence-corrected chi connectivity index (χ1v) is 12.4. The van der Waals surface area contributed by atoms with E-state index in [1.807, 2.05) is 6.07 Å². The molecule has 1 unspecified atom stereocenters. The standard InChI is InChI=1S/C20H26FN5O3S2/c1-10(2)15-16(21)12(8-22)7-13(11-5-6-11)17(15)25-19(27)26-31(23,29)14-9-24-18(30-14)20(3,4)28/h7,10-11,14,28H,5-6,9H2,1-4H3,(H3,23,25,26,27,29)/t14?,31-/m1/s1. The second kappa shape index (κ2) is 8.50. The highest BCUT2D eigenvalue weighted by molar-refractivity contribution is 8.23. The zero-order valence-electron chi connectivity index (χ0n) is 17.8. The molecule has 31 heavy (non-hydrogen) atoms. The van der Waals surface area contributed by atoms with Crippen LogP contribution in [-0.4, -0.2) is 37.1 Å². The predicted octanol–water partition coefficient (Wildman–Crippen LogP) is 3.81. The van der Waals surface area contributed by atoms with Crippen LogP contribution in [0.4, 0.5) is 14.9 Å². The highest BCUT2D eigenvalue weighted by atomic mass is 32.3. The van der Waals surface area contributed by atoms with E-state index < -0.39 is 31.9 Å². The maximum absolute atomic E-state index is 14.9. The zero-order valence-corrected chi connectivity index (χ0v) is 19.4. The quantitative estimate of drug-likeness (QED) is 0.604. The summed E-state index contributed by atoms with van der Waals surface area (Å²) in [5, 5.41) is 28.2. The number of benzene rings is 1. The summed E-state index contributed by atoms with van der Waals surface area (Å²) in [4.78, 5) is 16.8. The van der Waals surface area contributed by atoms with Crippen LogP contribution in [0.3, 0.4) is 0 Å². The van der Waals surface area contributed by atoms with Gasteiger partial charge in [0.25, 0.3) is 0 Å². The lowest BCUT2D eigenvalue weighted by Gasteiger charge is -2.20. The molecule has 1 aromatic carbocycles. The van der Waals surface area contributed by atoms with Crippen LogP contribution >= 0.6 is 11.8 Å². The van der Waals surface area contributed by atoms with Gasteiger partial charge in [-0.2, -0.15) is 5.26 Å². The number of thioether (sulfide) groups is 1. The second-order valence-corrected chi connectivity index (χ2v) is 12.0. The Morgan fingerprint density at radius 1 is 1.52 bits per heavy atom. The Morgan fingerprint density at radius 3 is 2.65 bits per heavy atom. The third kappa shape index (κ3) is 5.09. The number of nitrogens with zero attached hydrogens (tertiary/aromatic N) is 3. The molecule has 4 N–H and O–H groups in total. The number of halogens is 1. The van der Waals surface area contributed by atoms with Gasteiger partial charge in [0, 0.05) is 5.56 Å². The number of nitrogens with two attached hydrogens (primary N) is 1. The van der Waals surface area contributed by atoms with Crippen molar-refractivity contribution in [3.05, 3.63) is 28.6 Å². The number of urea groups is 1. The van der Waals surface area contributed by atoms with E-state index in [1.54, 1.807) is 27.7 Å². The van der Waals surface area contributed by atoms with E-state index in [4.69, 9.17) is 5.14 Å². The molecule has 1 aliphatic heterocycles. The number of hydrogen-bond donors (Lipinski definition) is 3. The fourth-order valence-electron chi connectivity index (χ4n) is 3.37. The van der Waals surface area contributed by atoms with E-state index in [2.05, 4.69) is 14.7 Å². The molecule has 1 fully saturated rings. The Kier molecular flexibility index (Phi) is 6.49. The molecule has 1 saturated carbocycles. The van der Waals surface area contributed by atoms with E-state index in [9.17, 15) is 23.8 Å². The molecule has 3 rings (SSSR count). The van der Waals surface area contributed by atoms with Gasteiger partial charge in [0.15, 0.2) is 0 Å². The Bertz CT molecular complexity index is 1110. The lowest BCUT2D eigenvalue weighted by molar-refractivity contribution is 0.157. The molecule has 1 heterocycles. The molecule has 168 valence electrons. The van der Waals surface area contributed by atoms with Crippen LogP contribution in [0.25, 0.3) is 0 Å². The van der Waals surface area contributed by atoms with Crippen molar-refractivity contribution in [3.8, 4) is 6.07 Å². The zero-order chi connectivity index (χ0) is 23.1. The van der Waals surface area contributed by atoms with Gasteiger partial charge >= 0.3 is 6.03 Å². The minimum absolute atomic E-state index is 0.0617. The molecular weight excluding hydrogens is 441 g/mol. The molecule has 2 atom stereocenters. The highest BCUT2D eigenvalue weighted by Gasteiger charge is 2.35. The van der Waals surface area contributed by atoms with E-state index in [0.29, 0.717) is 10.6 Å². The van der Waals surface area contributed by atoms with Gasteiger partial charge in [-0.1, -0.05) is 25.6 Å². The molecule has 8 nitrogen and oxygen atoms in total. The number of carbonyl (C=O) groups excluding carboxylic acids is 1. The van der Waals surface area contributed by atoms with Crippen molar-refractivity contribution < 1.29 is 18.5 Å². The van der Waals surface area contributed by atoms with Gasteiger partial charge in [0.05, 0.1) is 17.8 Å². The van der Waals surface area contributed by atoms with Crippen molar-refractivity contribution >= 4 is 38.4 Å². The summed E-state index contributed by atoms with van der Waals surface area (Å²) in [6.45, 7) is 6.69. The molecule has 2 aliphatic rings. The first kappa shape index (κ1) is 23.7. The number of carbonyl (C=O) groups is 1. The smallest absolute Gasteiger partial charge is 0.354 e. The summed E-state index contributed by atoms with van der Waals surface area (Å²) in [5.74, 6) is -0.868. The number of aliphatic imine (C=N–C) groups is 1. The summed E-state index contributed by atoms with van der Waals surface area (Å²) < 4.78 is 30.7. The van der Waals surface area contributed by atoms with Gasteiger partial charge < -0.3 is 10.4 Å². The van der Waals surface area contributed by atoms with Crippen molar-refractivity contribution in [2.45, 2.75) is 62.6 Å². The van der Waals surface area contributed by atoms with Gasteiger partial charge in [0.2, 0.25) is 0 Å². The van der Waals surface area contributed by atoms with Crippen molar-refractivity contribution in [1.29, 1.82) is 5.26 Å². The van der Waals surface area contributed by atoms with E-state index in [0.717, 1.165) is 24.6 Å². The maximum Gasteiger partial charge on any atom is 0.354 e. The number of amides is 2. The highest BCUT2D eigenvalue weighted by Crippen LogP contribution is 2.47. The van der Waals surface area contributed by atoms with Crippen LogP contribution in [-0.2, 0) is 9.92 Å². The Balaban J connectivity index is 1.93.